The van der Waals surface area contributed by atoms with Crippen LogP contribution in [0.2, 0.25) is 0 Å². The zero-order valence-corrected chi connectivity index (χ0v) is 10.6. The standard InChI is InChI=1S/C14H20O2/c1-10-5-6-11(2)13-12(10)7-8-14(3,16-13)9-15-4/h5-6H,7-9H2,1-4H3. The van der Waals surface area contributed by atoms with E-state index in [-0.39, 0.29) is 5.60 Å². The van der Waals surface area contributed by atoms with Crippen molar-refractivity contribution in [2.24, 2.45) is 0 Å². The second-order valence-electron chi connectivity index (χ2n) is 4.99. The summed E-state index contributed by atoms with van der Waals surface area (Å²) < 4.78 is 11.4. The van der Waals surface area contributed by atoms with Crippen molar-refractivity contribution in [3.8, 4) is 5.75 Å². The van der Waals surface area contributed by atoms with Gasteiger partial charge in [-0.3, -0.25) is 0 Å². The molecule has 1 unspecified atom stereocenters. The van der Waals surface area contributed by atoms with E-state index in [1.807, 2.05) is 0 Å². The van der Waals surface area contributed by atoms with Gasteiger partial charge >= 0.3 is 0 Å². The van der Waals surface area contributed by atoms with E-state index in [0.29, 0.717) is 6.61 Å². The van der Waals surface area contributed by atoms with E-state index in [4.69, 9.17) is 9.47 Å². The monoisotopic (exact) mass is 220 g/mol. The van der Waals surface area contributed by atoms with Gasteiger partial charge in [0, 0.05) is 7.11 Å². The van der Waals surface area contributed by atoms with E-state index in [9.17, 15) is 0 Å². The van der Waals surface area contributed by atoms with Gasteiger partial charge in [-0.25, -0.2) is 0 Å². The molecule has 2 nitrogen and oxygen atoms in total. The van der Waals surface area contributed by atoms with Crippen molar-refractivity contribution in [1.29, 1.82) is 0 Å². The van der Waals surface area contributed by atoms with Gasteiger partial charge in [-0.1, -0.05) is 12.1 Å². The third kappa shape index (κ3) is 1.94. The fraction of sp³-hybridized carbons (Fsp3) is 0.571. The molecule has 0 saturated carbocycles. The minimum atomic E-state index is -0.166. The van der Waals surface area contributed by atoms with Gasteiger partial charge in [0.05, 0.1) is 6.61 Å². The van der Waals surface area contributed by atoms with Crippen LogP contribution in [-0.4, -0.2) is 19.3 Å². The second kappa shape index (κ2) is 4.10. The van der Waals surface area contributed by atoms with Crippen LogP contribution in [0.3, 0.4) is 0 Å². The van der Waals surface area contributed by atoms with E-state index < -0.39 is 0 Å². The third-order valence-corrected chi connectivity index (χ3v) is 3.39. The molecule has 1 atom stereocenters. The highest BCUT2D eigenvalue weighted by molar-refractivity contribution is 5.47. The van der Waals surface area contributed by atoms with Crippen molar-refractivity contribution in [3.05, 3.63) is 28.8 Å². The van der Waals surface area contributed by atoms with Crippen LogP contribution in [0, 0.1) is 13.8 Å². The molecule has 0 aliphatic carbocycles. The van der Waals surface area contributed by atoms with Gasteiger partial charge in [-0.2, -0.15) is 0 Å². The van der Waals surface area contributed by atoms with Gasteiger partial charge in [0.25, 0.3) is 0 Å². The maximum Gasteiger partial charge on any atom is 0.130 e. The van der Waals surface area contributed by atoms with Crippen LogP contribution >= 0.6 is 0 Å². The summed E-state index contributed by atoms with van der Waals surface area (Å²) in [6, 6.07) is 4.31. The summed E-state index contributed by atoms with van der Waals surface area (Å²) in [6.45, 7) is 7.04. The molecule has 16 heavy (non-hydrogen) atoms. The highest BCUT2D eigenvalue weighted by Gasteiger charge is 2.32. The topological polar surface area (TPSA) is 18.5 Å². The smallest absolute Gasteiger partial charge is 0.130 e. The van der Waals surface area contributed by atoms with Crippen LogP contribution in [0.4, 0.5) is 0 Å². The Kier molecular flexibility index (Phi) is 2.94. The lowest BCUT2D eigenvalue weighted by Crippen LogP contribution is -2.41. The van der Waals surface area contributed by atoms with Crippen LogP contribution < -0.4 is 4.74 Å². The number of hydrogen-bond acceptors (Lipinski definition) is 2. The van der Waals surface area contributed by atoms with Gasteiger partial charge in [-0.15, -0.1) is 0 Å². The summed E-state index contributed by atoms with van der Waals surface area (Å²) in [5.74, 6) is 1.07. The number of ether oxygens (including phenoxy) is 2. The lowest BCUT2D eigenvalue weighted by molar-refractivity contribution is -0.0111. The predicted molar refractivity (Wildman–Crippen MR) is 65.1 cm³/mol. The Morgan fingerprint density at radius 3 is 2.69 bits per heavy atom. The molecule has 1 aliphatic heterocycles. The van der Waals surface area contributed by atoms with Crippen molar-refractivity contribution >= 4 is 0 Å². The molecule has 0 fully saturated rings. The highest BCUT2D eigenvalue weighted by Crippen LogP contribution is 2.37. The van der Waals surface area contributed by atoms with E-state index in [0.717, 1.165) is 18.6 Å². The van der Waals surface area contributed by atoms with E-state index in [1.54, 1.807) is 7.11 Å². The van der Waals surface area contributed by atoms with Crippen molar-refractivity contribution < 1.29 is 9.47 Å². The van der Waals surface area contributed by atoms with Crippen molar-refractivity contribution in [3.63, 3.8) is 0 Å². The fourth-order valence-corrected chi connectivity index (χ4v) is 2.39. The normalized spacial score (nSPS) is 23.8. The average molecular weight is 220 g/mol. The second-order valence-corrected chi connectivity index (χ2v) is 4.99. The summed E-state index contributed by atoms with van der Waals surface area (Å²) in [7, 11) is 1.73. The lowest BCUT2D eigenvalue weighted by atomic mass is 9.89. The Bertz CT molecular complexity index is 398. The molecule has 88 valence electrons. The Labute approximate surface area is 97.6 Å². The fourth-order valence-electron chi connectivity index (χ4n) is 2.39. The predicted octanol–water partition coefficient (Wildman–Crippen LogP) is 3.03. The SMILES string of the molecule is COCC1(C)CCc2c(C)ccc(C)c2O1. The molecule has 0 saturated heterocycles. The van der Waals surface area contributed by atoms with E-state index >= 15 is 0 Å². The average Bonchev–Trinajstić information content (AvgIpc) is 2.24. The Hall–Kier alpha value is -1.02. The zero-order valence-electron chi connectivity index (χ0n) is 10.6. The number of methoxy groups -OCH3 is 1. The molecule has 1 aromatic rings. The molecule has 1 heterocycles. The van der Waals surface area contributed by atoms with Gasteiger partial charge in [0.2, 0.25) is 0 Å². The first kappa shape index (κ1) is 11.5. The molecule has 0 bridgehead atoms. The van der Waals surface area contributed by atoms with Crippen molar-refractivity contribution in [2.75, 3.05) is 13.7 Å². The van der Waals surface area contributed by atoms with Gasteiger partial charge in [0.15, 0.2) is 0 Å². The first-order valence-electron chi connectivity index (χ1n) is 5.83. The van der Waals surface area contributed by atoms with Crippen LogP contribution in [0.15, 0.2) is 12.1 Å². The van der Waals surface area contributed by atoms with Gasteiger partial charge in [-0.05, 0) is 50.3 Å². The molecule has 1 aliphatic rings. The molecule has 0 N–H and O–H groups in total. The van der Waals surface area contributed by atoms with Crippen LogP contribution in [0.25, 0.3) is 0 Å². The highest BCUT2D eigenvalue weighted by atomic mass is 16.5. The Balaban J connectivity index is 2.36. The minimum absolute atomic E-state index is 0.166. The van der Waals surface area contributed by atoms with Crippen molar-refractivity contribution in [2.45, 2.75) is 39.2 Å². The number of hydrogen-bond donors (Lipinski definition) is 0. The van der Waals surface area contributed by atoms with E-state index in [1.165, 1.54) is 16.7 Å². The summed E-state index contributed by atoms with van der Waals surface area (Å²) in [6.07, 6.45) is 2.11. The Morgan fingerprint density at radius 2 is 2.00 bits per heavy atom. The van der Waals surface area contributed by atoms with Gasteiger partial charge in [0.1, 0.15) is 11.4 Å². The van der Waals surface area contributed by atoms with Crippen molar-refractivity contribution in [1.82, 2.24) is 0 Å². The third-order valence-electron chi connectivity index (χ3n) is 3.39. The Morgan fingerprint density at radius 1 is 1.31 bits per heavy atom. The summed E-state index contributed by atoms with van der Waals surface area (Å²) in [5, 5.41) is 0. The molecule has 0 aromatic heterocycles. The number of fused-ring (bicyclic) bond motifs is 1. The lowest BCUT2D eigenvalue weighted by Gasteiger charge is -2.36. The first-order valence-corrected chi connectivity index (χ1v) is 5.83. The van der Waals surface area contributed by atoms with Crippen LogP contribution in [0.1, 0.15) is 30.0 Å². The molecule has 2 rings (SSSR count). The molecule has 0 spiro atoms. The maximum absolute atomic E-state index is 6.15. The summed E-state index contributed by atoms with van der Waals surface area (Å²) in [5.41, 5.74) is 3.76. The maximum atomic E-state index is 6.15. The minimum Gasteiger partial charge on any atom is -0.485 e. The van der Waals surface area contributed by atoms with E-state index in [2.05, 4.69) is 32.9 Å². The van der Waals surface area contributed by atoms with Gasteiger partial charge < -0.3 is 9.47 Å². The molecule has 0 radical (unpaired) electrons. The first-order chi connectivity index (χ1) is 7.56. The number of rotatable bonds is 2. The van der Waals surface area contributed by atoms with Crippen LogP contribution in [0.5, 0.6) is 5.75 Å². The zero-order chi connectivity index (χ0) is 11.8. The number of aryl methyl sites for hydroxylation is 2. The summed E-state index contributed by atoms with van der Waals surface area (Å²) >= 11 is 0. The van der Waals surface area contributed by atoms with Crippen LogP contribution in [-0.2, 0) is 11.2 Å². The molecule has 1 aromatic carbocycles. The largest absolute Gasteiger partial charge is 0.485 e. The molecule has 0 amide bonds. The quantitative estimate of drug-likeness (QED) is 0.762. The number of benzene rings is 1. The molecular formula is C14H20O2. The summed E-state index contributed by atoms with van der Waals surface area (Å²) in [4.78, 5) is 0. The molecular weight excluding hydrogens is 200 g/mol. The molecule has 2 heteroatoms.